The molecule has 0 heterocycles. The van der Waals surface area contributed by atoms with E-state index in [-0.39, 0.29) is 22.0 Å². The van der Waals surface area contributed by atoms with Crippen LogP contribution in [0, 0.1) is 6.92 Å². The highest BCUT2D eigenvalue weighted by atomic mass is 32.2. The molecule has 32 heavy (non-hydrogen) atoms. The van der Waals surface area contributed by atoms with E-state index in [2.05, 4.69) is 10.0 Å². The van der Waals surface area contributed by atoms with Crippen molar-refractivity contribution in [2.24, 2.45) is 0 Å². The number of rotatable bonds is 6. The number of alkyl halides is 3. The SMILES string of the molecule is COc1ccc(S(=O)(=O)Nc2cccc(C(F)(F)F)c2)cc1NC(=O)c1ccc(C)cc1. The monoisotopic (exact) mass is 464 g/mol. The molecular formula is C22H19F3N2O4S. The van der Waals surface area contributed by atoms with Gasteiger partial charge in [-0.2, -0.15) is 13.2 Å². The predicted molar refractivity (Wildman–Crippen MR) is 114 cm³/mol. The number of benzene rings is 3. The van der Waals surface area contributed by atoms with Crippen molar-refractivity contribution in [3.8, 4) is 5.75 Å². The summed E-state index contributed by atoms with van der Waals surface area (Å²) in [7, 11) is -2.90. The number of sulfonamides is 1. The normalized spacial score (nSPS) is 11.7. The molecule has 0 aliphatic carbocycles. The summed E-state index contributed by atoms with van der Waals surface area (Å²) in [6.45, 7) is 1.87. The number of carbonyl (C=O) groups is 1. The van der Waals surface area contributed by atoms with Crippen LogP contribution in [0.1, 0.15) is 21.5 Å². The van der Waals surface area contributed by atoms with Crippen LogP contribution in [-0.4, -0.2) is 21.4 Å². The zero-order valence-electron chi connectivity index (χ0n) is 17.0. The first-order valence-electron chi connectivity index (χ1n) is 9.26. The molecule has 0 bridgehead atoms. The van der Waals surface area contributed by atoms with Crippen molar-refractivity contribution in [2.45, 2.75) is 18.0 Å². The highest BCUT2D eigenvalue weighted by Gasteiger charge is 2.30. The molecule has 0 fully saturated rings. The highest BCUT2D eigenvalue weighted by molar-refractivity contribution is 7.92. The number of hydrogen-bond acceptors (Lipinski definition) is 4. The smallest absolute Gasteiger partial charge is 0.416 e. The minimum Gasteiger partial charge on any atom is -0.495 e. The van der Waals surface area contributed by atoms with Gasteiger partial charge in [0.15, 0.2) is 0 Å². The van der Waals surface area contributed by atoms with Crippen LogP contribution in [0.25, 0.3) is 0 Å². The third kappa shape index (κ3) is 5.38. The van der Waals surface area contributed by atoms with Gasteiger partial charge >= 0.3 is 6.18 Å². The number of ether oxygens (including phenoxy) is 1. The summed E-state index contributed by atoms with van der Waals surface area (Å²) in [5.74, 6) is -0.271. The molecule has 2 N–H and O–H groups in total. The van der Waals surface area contributed by atoms with Crippen molar-refractivity contribution >= 4 is 27.3 Å². The minimum absolute atomic E-state index is 0.0880. The number of aryl methyl sites for hydroxylation is 1. The second-order valence-corrected chi connectivity index (χ2v) is 8.55. The summed E-state index contributed by atoms with van der Waals surface area (Å²) in [5, 5.41) is 2.60. The van der Waals surface area contributed by atoms with Crippen LogP contribution in [0.4, 0.5) is 24.5 Å². The summed E-state index contributed by atoms with van der Waals surface area (Å²) in [6.07, 6.45) is -4.62. The van der Waals surface area contributed by atoms with Gasteiger partial charge < -0.3 is 10.1 Å². The molecule has 3 aromatic carbocycles. The van der Waals surface area contributed by atoms with E-state index < -0.39 is 27.7 Å². The van der Waals surface area contributed by atoms with E-state index in [9.17, 15) is 26.4 Å². The van der Waals surface area contributed by atoms with Gasteiger partial charge in [-0.25, -0.2) is 8.42 Å². The maximum Gasteiger partial charge on any atom is 0.416 e. The van der Waals surface area contributed by atoms with Gasteiger partial charge in [-0.3, -0.25) is 9.52 Å². The number of nitrogens with one attached hydrogen (secondary N) is 2. The Hall–Kier alpha value is -3.53. The number of methoxy groups -OCH3 is 1. The maximum absolute atomic E-state index is 12.9. The average Bonchev–Trinajstić information content (AvgIpc) is 2.73. The molecule has 10 heteroatoms. The second-order valence-electron chi connectivity index (χ2n) is 6.87. The summed E-state index contributed by atoms with van der Waals surface area (Å²) in [6, 6.07) is 14.3. The maximum atomic E-state index is 12.9. The van der Waals surface area contributed by atoms with Gasteiger partial charge in [-0.05, 0) is 55.5 Å². The van der Waals surface area contributed by atoms with E-state index in [0.717, 1.165) is 17.7 Å². The van der Waals surface area contributed by atoms with Crippen LogP contribution < -0.4 is 14.8 Å². The average molecular weight is 464 g/mol. The zero-order chi connectivity index (χ0) is 23.5. The van der Waals surface area contributed by atoms with Crippen molar-refractivity contribution < 1.29 is 31.1 Å². The molecule has 1 amide bonds. The first-order valence-corrected chi connectivity index (χ1v) is 10.7. The molecule has 3 rings (SSSR count). The van der Waals surface area contributed by atoms with Crippen LogP contribution >= 0.6 is 0 Å². The van der Waals surface area contributed by atoms with E-state index in [1.54, 1.807) is 24.3 Å². The third-order valence-electron chi connectivity index (χ3n) is 4.49. The number of carbonyl (C=O) groups excluding carboxylic acids is 1. The number of halogens is 3. The largest absolute Gasteiger partial charge is 0.495 e. The van der Waals surface area contributed by atoms with Gasteiger partial charge in [0.25, 0.3) is 15.9 Å². The number of anilines is 2. The molecule has 0 unspecified atom stereocenters. The van der Waals surface area contributed by atoms with Gasteiger partial charge in [0.05, 0.1) is 23.3 Å². The molecule has 0 aromatic heterocycles. The lowest BCUT2D eigenvalue weighted by Crippen LogP contribution is -2.16. The van der Waals surface area contributed by atoms with Crippen molar-refractivity contribution in [3.63, 3.8) is 0 Å². The Balaban J connectivity index is 1.89. The lowest BCUT2D eigenvalue weighted by molar-refractivity contribution is -0.137. The molecular weight excluding hydrogens is 445 g/mol. The summed E-state index contributed by atoms with van der Waals surface area (Å²) < 4.78 is 71.6. The standard InChI is InChI=1S/C22H19F3N2O4S/c1-14-6-8-15(9-7-14)21(28)26-19-13-18(10-11-20(19)31-2)32(29,30)27-17-5-3-4-16(12-17)22(23,24)25/h3-13,27H,1-2H3,(H,26,28). The first kappa shape index (κ1) is 23.1. The summed E-state index contributed by atoms with van der Waals surface area (Å²) in [5.41, 5.74) is 0.172. The van der Waals surface area contributed by atoms with Crippen molar-refractivity contribution in [1.82, 2.24) is 0 Å². The Morgan fingerprint density at radius 3 is 2.28 bits per heavy atom. The lowest BCUT2D eigenvalue weighted by atomic mass is 10.1. The molecule has 0 atom stereocenters. The fourth-order valence-corrected chi connectivity index (χ4v) is 3.90. The molecule has 0 radical (unpaired) electrons. The molecule has 168 valence electrons. The highest BCUT2D eigenvalue weighted by Crippen LogP contribution is 2.32. The molecule has 3 aromatic rings. The number of hydrogen-bond donors (Lipinski definition) is 2. The van der Waals surface area contributed by atoms with E-state index in [4.69, 9.17) is 4.74 Å². The Morgan fingerprint density at radius 1 is 0.969 bits per heavy atom. The third-order valence-corrected chi connectivity index (χ3v) is 5.86. The molecule has 0 saturated heterocycles. The van der Waals surface area contributed by atoms with E-state index in [1.807, 2.05) is 6.92 Å². The molecule has 0 aliphatic rings. The van der Waals surface area contributed by atoms with Crippen molar-refractivity contribution in [2.75, 3.05) is 17.1 Å². The van der Waals surface area contributed by atoms with Crippen LogP contribution in [0.2, 0.25) is 0 Å². The van der Waals surface area contributed by atoms with Crippen LogP contribution in [0.3, 0.4) is 0 Å². The zero-order valence-corrected chi connectivity index (χ0v) is 17.8. The fourth-order valence-electron chi connectivity index (χ4n) is 2.82. The molecule has 0 saturated carbocycles. The van der Waals surface area contributed by atoms with Gasteiger partial charge in [0.2, 0.25) is 0 Å². The van der Waals surface area contributed by atoms with E-state index in [0.29, 0.717) is 11.6 Å². The molecule has 0 spiro atoms. The van der Waals surface area contributed by atoms with E-state index >= 15 is 0 Å². The van der Waals surface area contributed by atoms with Crippen LogP contribution in [-0.2, 0) is 16.2 Å². The van der Waals surface area contributed by atoms with Crippen molar-refractivity contribution in [1.29, 1.82) is 0 Å². The van der Waals surface area contributed by atoms with Gasteiger partial charge in [0.1, 0.15) is 5.75 Å². The van der Waals surface area contributed by atoms with E-state index in [1.165, 1.54) is 31.4 Å². The first-order chi connectivity index (χ1) is 15.0. The number of amides is 1. The van der Waals surface area contributed by atoms with Gasteiger partial charge in [0, 0.05) is 11.3 Å². The topological polar surface area (TPSA) is 84.5 Å². The van der Waals surface area contributed by atoms with Gasteiger partial charge in [-0.15, -0.1) is 0 Å². The van der Waals surface area contributed by atoms with Crippen molar-refractivity contribution in [3.05, 3.63) is 83.4 Å². The quantitative estimate of drug-likeness (QED) is 0.533. The Kier molecular flexibility index (Phi) is 6.45. The Morgan fingerprint density at radius 2 is 1.66 bits per heavy atom. The molecule has 0 aliphatic heterocycles. The summed E-state index contributed by atoms with van der Waals surface area (Å²) in [4.78, 5) is 12.3. The summed E-state index contributed by atoms with van der Waals surface area (Å²) >= 11 is 0. The fraction of sp³-hybridized carbons (Fsp3) is 0.136. The lowest BCUT2D eigenvalue weighted by Gasteiger charge is -2.14. The Labute approximate surface area is 183 Å². The van der Waals surface area contributed by atoms with Crippen LogP contribution in [0.5, 0.6) is 5.75 Å². The predicted octanol–water partition coefficient (Wildman–Crippen LogP) is 5.08. The van der Waals surface area contributed by atoms with Crippen LogP contribution in [0.15, 0.2) is 71.6 Å². The molecule has 6 nitrogen and oxygen atoms in total. The van der Waals surface area contributed by atoms with Gasteiger partial charge in [-0.1, -0.05) is 23.8 Å². The minimum atomic E-state index is -4.62. The Bertz CT molecular complexity index is 1240. The second kappa shape index (κ2) is 8.91.